The van der Waals surface area contributed by atoms with Crippen LogP contribution >= 0.6 is 0 Å². The fourth-order valence-corrected chi connectivity index (χ4v) is 2.25. The fraction of sp³-hybridized carbons (Fsp3) is 0.571. The highest BCUT2D eigenvalue weighted by atomic mass is 19.4. The van der Waals surface area contributed by atoms with E-state index in [1.54, 1.807) is 6.07 Å². The van der Waals surface area contributed by atoms with Crippen molar-refractivity contribution in [1.29, 1.82) is 0 Å². The standard InChI is InChI=1S/C14H19F3N2/c1-9(2)8-19(11-4-5-11)13-6-3-10(18)7-12(13)14(15,16)17/h3,6-7,9,11H,4-5,8,18H2,1-2H3. The molecule has 1 fully saturated rings. The second-order valence-corrected chi connectivity index (χ2v) is 5.55. The summed E-state index contributed by atoms with van der Waals surface area (Å²) in [6, 6.07) is 4.32. The van der Waals surface area contributed by atoms with E-state index in [4.69, 9.17) is 5.73 Å². The number of nitrogens with zero attached hydrogens (tertiary/aromatic N) is 1. The van der Waals surface area contributed by atoms with Gasteiger partial charge in [-0.1, -0.05) is 13.8 Å². The summed E-state index contributed by atoms with van der Waals surface area (Å²) in [6.07, 6.45) is -2.43. The van der Waals surface area contributed by atoms with Crippen molar-refractivity contribution < 1.29 is 13.2 Å². The summed E-state index contributed by atoms with van der Waals surface area (Å²) in [5.74, 6) is 0.319. The summed E-state index contributed by atoms with van der Waals surface area (Å²) in [5.41, 5.74) is 5.29. The van der Waals surface area contributed by atoms with E-state index in [-0.39, 0.29) is 17.4 Å². The predicted octanol–water partition coefficient (Wildman–Crippen LogP) is 3.91. The van der Waals surface area contributed by atoms with Crippen LogP contribution in [0.25, 0.3) is 0 Å². The highest BCUT2D eigenvalue weighted by Gasteiger charge is 2.38. The van der Waals surface area contributed by atoms with Gasteiger partial charge in [-0.3, -0.25) is 0 Å². The molecule has 1 aromatic carbocycles. The zero-order chi connectivity index (χ0) is 14.2. The van der Waals surface area contributed by atoms with Gasteiger partial charge in [0, 0.05) is 24.0 Å². The van der Waals surface area contributed by atoms with E-state index in [0.717, 1.165) is 18.9 Å². The summed E-state index contributed by atoms with van der Waals surface area (Å²) >= 11 is 0. The summed E-state index contributed by atoms with van der Waals surface area (Å²) in [4.78, 5) is 1.88. The van der Waals surface area contributed by atoms with E-state index in [9.17, 15) is 13.2 Å². The van der Waals surface area contributed by atoms with Crippen molar-refractivity contribution in [3.63, 3.8) is 0 Å². The molecule has 19 heavy (non-hydrogen) atoms. The van der Waals surface area contributed by atoms with Crippen molar-refractivity contribution in [3.8, 4) is 0 Å². The third kappa shape index (κ3) is 3.33. The molecule has 0 unspecified atom stereocenters. The number of alkyl halides is 3. The molecular weight excluding hydrogens is 253 g/mol. The number of benzene rings is 1. The lowest BCUT2D eigenvalue weighted by Crippen LogP contribution is -2.31. The minimum Gasteiger partial charge on any atom is -0.399 e. The smallest absolute Gasteiger partial charge is 0.399 e. The van der Waals surface area contributed by atoms with Crippen molar-refractivity contribution >= 4 is 11.4 Å². The quantitative estimate of drug-likeness (QED) is 0.842. The SMILES string of the molecule is CC(C)CN(c1ccc(N)cc1C(F)(F)F)C1CC1. The Morgan fingerprint density at radius 1 is 1.32 bits per heavy atom. The van der Waals surface area contributed by atoms with Gasteiger partial charge in [0.1, 0.15) is 0 Å². The van der Waals surface area contributed by atoms with Gasteiger partial charge < -0.3 is 10.6 Å². The largest absolute Gasteiger partial charge is 0.418 e. The molecule has 0 aliphatic heterocycles. The highest BCUT2D eigenvalue weighted by Crippen LogP contribution is 2.41. The average Bonchev–Trinajstić information content (AvgIpc) is 3.08. The maximum absolute atomic E-state index is 13.1. The minimum absolute atomic E-state index is 0.149. The number of rotatable bonds is 4. The lowest BCUT2D eigenvalue weighted by Gasteiger charge is -2.29. The molecule has 0 bridgehead atoms. The molecule has 2 nitrogen and oxygen atoms in total. The molecule has 5 heteroatoms. The van der Waals surface area contributed by atoms with Crippen molar-refractivity contribution in [2.45, 2.75) is 38.9 Å². The van der Waals surface area contributed by atoms with Crippen molar-refractivity contribution in [3.05, 3.63) is 23.8 Å². The Bertz CT molecular complexity index is 450. The van der Waals surface area contributed by atoms with Gasteiger partial charge in [-0.2, -0.15) is 13.2 Å². The van der Waals surface area contributed by atoms with E-state index >= 15 is 0 Å². The predicted molar refractivity (Wildman–Crippen MR) is 71.1 cm³/mol. The molecule has 106 valence electrons. The Kier molecular flexibility index (Phi) is 3.65. The number of hydrogen-bond donors (Lipinski definition) is 1. The maximum atomic E-state index is 13.1. The summed E-state index contributed by atoms with van der Waals surface area (Å²) in [7, 11) is 0. The third-order valence-electron chi connectivity index (χ3n) is 3.18. The summed E-state index contributed by atoms with van der Waals surface area (Å²) < 4.78 is 39.4. The monoisotopic (exact) mass is 272 g/mol. The van der Waals surface area contributed by atoms with E-state index in [2.05, 4.69) is 0 Å². The first-order valence-corrected chi connectivity index (χ1v) is 6.52. The van der Waals surface area contributed by atoms with Crippen LogP contribution in [0, 0.1) is 5.92 Å². The zero-order valence-electron chi connectivity index (χ0n) is 11.2. The van der Waals surface area contributed by atoms with Crippen LogP contribution in [-0.4, -0.2) is 12.6 Å². The van der Waals surface area contributed by atoms with Crippen molar-refractivity contribution in [2.75, 3.05) is 17.2 Å². The molecule has 0 amide bonds. The molecule has 2 rings (SSSR count). The normalized spacial score (nSPS) is 15.9. The first kappa shape index (κ1) is 14.0. The molecule has 1 aliphatic carbocycles. The van der Waals surface area contributed by atoms with Crippen molar-refractivity contribution in [2.24, 2.45) is 5.92 Å². The van der Waals surface area contributed by atoms with Crippen molar-refractivity contribution in [1.82, 2.24) is 0 Å². The molecule has 0 spiro atoms. The first-order chi connectivity index (χ1) is 8.79. The Balaban J connectivity index is 2.41. The number of anilines is 2. The topological polar surface area (TPSA) is 29.3 Å². The van der Waals surface area contributed by atoms with Gasteiger partial charge in [-0.15, -0.1) is 0 Å². The summed E-state index contributed by atoms with van der Waals surface area (Å²) in [6.45, 7) is 4.66. The summed E-state index contributed by atoms with van der Waals surface area (Å²) in [5, 5.41) is 0. The lowest BCUT2D eigenvalue weighted by atomic mass is 10.1. The van der Waals surface area contributed by atoms with E-state index in [1.165, 1.54) is 6.07 Å². The van der Waals surface area contributed by atoms with Crippen LogP contribution in [0.1, 0.15) is 32.3 Å². The Hall–Kier alpha value is -1.39. The molecule has 1 aromatic rings. The highest BCUT2D eigenvalue weighted by molar-refractivity contribution is 5.62. The van der Waals surface area contributed by atoms with Gasteiger partial charge in [0.05, 0.1) is 5.56 Å². The molecule has 0 saturated heterocycles. The number of halogens is 3. The van der Waals surface area contributed by atoms with Gasteiger partial charge in [0.15, 0.2) is 0 Å². The van der Waals surface area contributed by atoms with E-state index < -0.39 is 11.7 Å². The Morgan fingerprint density at radius 2 is 1.95 bits per heavy atom. The van der Waals surface area contributed by atoms with Gasteiger partial charge >= 0.3 is 6.18 Å². The molecule has 0 radical (unpaired) electrons. The number of nitrogens with two attached hydrogens (primary N) is 1. The van der Waals surface area contributed by atoms with Gasteiger partial charge in [0.25, 0.3) is 0 Å². The molecule has 0 heterocycles. The lowest BCUT2D eigenvalue weighted by molar-refractivity contribution is -0.137. The van der Waals surface area contributed by atoms with E-state index in [0.29, 0.717) is 12.5 Å². The second-order valence-electron chi connectivity index (χ2n) is 5.55. The molecule has 1 saturated carbocycles. The van der Waals surface area contributed by atoms with Crippen LogP contribution < -0.4 is 10.6 Å². The van der Waals surface area contributed by atoms with Crippen LogP contribution in [0.4, 0.5) is 24.5 Å². The van der Waals surface area contributed by atoms with Gasteiger partial charge in [-0.25, -0.2) is 0 Å². The van der Waals surface area contributed by atoms with Crippen LogP contribution in [-0.2, 0) is 6.18 Å². The third-order valence-corrected chi connectivity index (χ3v) is 3.18. The number of hydrogen-bond acceptors (Lipinski definition) is 2. The van der Waals surface area contributed by atoms with Crippen LogP contribution in [0.15, 0.2) is 18.2 Å². The first-order valence-electron chi connectivity index (χ1n) is 6.52. The molecule has 2 N–H and O–H groups in total. The van der Waals surface area contributed by atoms with E-state index in [1.807, 2.05) is 18.7 Å². The van der Waals surface area contributed by atoms with Gasteiger partial charge in [-0.05, 0) is 37.0 Å². The second kappa shape index (κ2) is 4.94. The zero-order valence-corrected chi connectivity index (χ0v) is 11.2. The molecule has 0 atom stereocenters. The van der Waals surface area contributed by atoms with Crippen LogP contribution in [0.3, 0.4) is 0 Å². The Labute approximate surface area is 111 Å². The molecule has 0 aromatic heterocycles. The minimum atomic E-state index is -4.37. The van der Waals surface area contributed by atoms with Crippen LogP contribution in [0.2, 0.25) is 0 Å². The molecule has 1 aliphatic rings. The number of nitrogen functional groups attached to an aromatic ring is 1. The average molecular weight is 272 g/mol. The van der Waals surface area contributed by atoms with Gasteiger partial charge in [0.2, 0.25) is 0 Å². The fourth-order valence-electron chi connectivity index (χ4n) is 2.25. The van der Waals surface area contributed by atoms with Crippen LogP contribution in [0.5, 0.6) is 0 Å². The Morgan fingerprint density at radius 3 is 2.42 bits per heavy atom. The maximum Gasteiger partial charge on any atom is 0.418 e. The molecular formula is C14H19F3N2.